The number of halogens is 1. The highest BCUT2D eigenvalue weighted by molar-refractivity contribution is 7.89. The number of piperazine rings is 1. The molecule has 1 aliphatic carbocycles. The number of carboxylic acid groups (broad SMARTS) is 1. The smallest absolute Gasteiger partial charge is 0.325 e. The van der Waals surface area contributed by atoms with Gasteiger partial charge in [0.1, 0.15) is 11.4 Å². The summed E-state index contributed by atoms with van der Waals surface area (Å²) in [5, 5.41) is 13.3. The summed E-state index contributed by atoms with van der Waals surface area (Å²) in [5.41, 5.74) is -0.136. The van der Waals surface area contributed by atoms with E-state index in [2.05, 4.69) is 5.32 Å². The van der Waals surface area contributed by atoms with Gasteiger partial charge in [-0.2, -0.15) is 4.31 Å². The minimum Gasteiger partial charge on any atom is -0.480 e. The lowest BCUT2D eigenvalue weighted by Gasteiger charge is -2.37. The second kappa shape index (κ2) is 10.4. The number of rotatable bonds is 8. The molecule has 0 unspecified atom stereocenters. The van der Waals surface area contributed by atoms with E-state index >= 15 is 0 Å². The Morgan fingerprint density at radius 2 is 1.51 bits per heavy atom. The minimum absolute atomic E-state index is 0.0366. The maximum Gasteiger partial charge on any atom is 0.325 e. The van der Waals surface area contributed by atoms with Crippen molar-refractivity contribution >= 4 is 21.9 Å². The molecule has 10 heteroatoms. The van der Waals surface area contributed by atoms with Crippen LogP contribution in [-0.2, 0) is 19.6 Å². The average molecular weight is 504 g/mol. The summed E-state index contributed by atoms with van der Waals surface area (Å²) in [6, 6.07) is 12.0. The van der Waals surface area contributed by atoms with Gasteiger partial charge in [-0.3, -0.25) is 9.59 Å². The number of hydrogen-bond acceptors (Lipinski definition) is 5. The summed E-state index contributed by atoms with van der Waals surface area (Å²) >= 11 is 0. The fourth-order valence-corrected chi connectivity index (χ4v) is 6.74. The first kappa shape index (κ1) is 25.3. The number of carbonyl (C=O) groups is 2. The SMILES string of the molecule is O=C(CCN(C1(C(=O)O)CCCC1)S(=O)(=O)c1ccc(-c2ccc(F)cc2)cc1)N1CCNCC1. The van der Waals surface area contributed by atoms with Crippen LogP contribution in [0.5, 0.6) is 0 Å². The molecule has 2 N–H and O–H groups in total. The minimum atomic E-state index is -4.21. The van der Waals surface area contributed by atoms with Gasteiger partial charge in [0.2, 0.25) is 15.9 Å². The lowest BCUT2D eigenvalue weighted by molar-refractivity contribution is -0.148. The first-order valence-corrected chi connectivity index (χ1v) is 13.3. The lowest BCUT2D eigenvalue weighted by atomic mass is 9.97. The van der Waals surface area contributed by atoms with Crippen molar-refractivity contribution in [3.8, 4) is 11.1 Å². The van der Waals surface area contributed by atoms with Crippen molar-refractivity contribution in [2.45, 2.75) is 42.5 Å². The molecule has 1 saturated heterocycles. The van der Waals surface area contributed by atoms with Crippen LogP contribution in [0.3, 0.4) is 0 Å². The van der Waals surface area contributed by atoms with Gasteiger partial charge >= 0.3 is 5.97 Å². The molecule has 2 aromatic carbocycles. The number of amides is 1. The van der Waals surface area contributed by atoms with E-state index in [0.717, 1.165) is 9.87 Å². The summed E-state index contributed by atoms with van der Waals surface area (Å²) in [4.78, 5) is 26.8. The number of carboxylic acids is 1. The van der Waals surface area contributed by atoms with Crippen molar-refractivity contribution in [3.05, 3.63) is 54.3 Å². The van der Waals surface area contributed by atoms with Crippen molar-refractivity contribution in [2.75, 3.05) is 32.7 Å². The van der Waals surface area contributed by atoms with Gasteiger partial charge in [0.05, 0.1) is 4.90 Å². The van der Waals surface area contributed by atoms with E-state index in [4.69, 9.17) is 0 Å². The van der Waals surface area contributed by atoms with Crippen molar-refractivity contribution in [1.29, 1.82) is 0 Å². The molecule has 2 aliphatic rings. The van der Waals surface area contributed by atoms with E-state index in [1.807, 2.05) is 0 Å². The van der Waals surface area contributed by atoms with E-state index < -0.39 is 21.5 Å². The van der Waals surface area contributed by atoms with Crippen LogP contribution in [0, 0.1) is 5.82 Å². The fourth-order valence-electron chi connectivity index (χ4n) is 4.95. The van der Waals surface area contributed by atoms with Gasteiger partial charge in [-0.1, -0.05) is 37.1 Å². The van der Waals surface area contributed by atoms with Gasteiger partial charge < -0.3 is 15.3 Å². The van der Waals surface area contributed by atoms with Crippen molar-refractivity contribution < 1.29 is 27.5 Å². The quantitative estimate of drug-likeness (QED) is 0.574. The average Bonchev–Trinajstić information content (AvgIpc) is 3.36. The first-order valence-electron chi connectivity index (χ1n) is 11.8. The molecule has 1 saturated carbocycles. The Kier molecular flexibility index (Phi) is 7.53. The van der Waals surface area contributed by atoms with E-state index in [1.165, 1.54) is 24.3 Å². The van der Waals surface area contributed by atoms with E-state index in [1.54, 1.807) is 29.2 Å². The molecule has 1 heterocycles. The summed E-state index contributed by atoms with van der Waals surface area (Å²) in [7, 11) is -4.21. The fraction of sp³-hybridized carbons (Fsp3) is 0.440. The Hall–Kier alpha value is -2.82. The number of sulfonamides is 1. The zero-order valence-corrected chi connectivity index (χ0v) is 20.3. The lowest BCUT2D eigenvalue weighted by Crippen LogP contribution is -2.56. The Bertz CT molecular complexity index is 1160. The highest BCUT2D eigenvalue weighted by Gasteiger charge is 2.51. The molecule has 0 spiro atoms. The second-order valence-corrected chi connectivity index (χ2v) is 10.9. The number of hydrogen-bond donors (Lipinski definition) is 2. The van der Waals surface area contributed by atoms with Crippen molar-refractivity contribution in [1.82, 2.24) is 14.5 Å². The largest absolute Gasteiger partial charge is 0.480 e. The predicted molar refractivity (Wildman–Crippen MR) is 129 cm³/mol. The molecule has 2 aromatic rings. The molecular weight excluding hydrogens is 473 g/mol. The standard InChI is InChI=1S/C25H30FN3O5S/c26-21-7-3-19(4-8-21)20-5-9-22(10-6-20)35(33,34)29(25(24(31)32)12-1-2-13-25)16-11-23(30)28-17-14-27-15-18-28/h3-10,27H,1-2,11-18H2,(H,31,32). The summed E-state index contributed by atoms with van der Waals surface area (Å²) in [6.45, 7) is 2.23. The Labute approximate surface area is 204 Å². The maximum atomic E-state index is 13.8. The van der Waals surface area contributed by atoms with Gasteiger partial charge in [-0.25, -0.2) is 12.8 Å². The van der Waals surface area contributed by atoms with E-state index in [-0.39, 0.29) is 42.4 Å². The third kappa shape index (κ3) is 5.24. The number of benzene rings is 2. The first-order chi connectivity index (χ1) is 16.7. The van der Waals surface area contributed by atoms with Gasteiger partial charge in [0.15, 0.2) is 0 Å². The zero-order chi connectivity index (χ0) is 25.1. The number of aliphatic carboxylic acids is 1. The highest BCUT2D eigenvalue weighted by atomic mass is 32.2. The van der Waals surface area contributed by atoms with E-state index in [9.17, 15) is 27.5 Å². The van der Waals surface area contributed by atoms with Gasteiger partial charge in [-0.15, -0.1) is 0 Å². The predicted octanol–water partition coefficient (Wildman–Crippen LogP) is 2.70. The molecule has 188 valence electrons. The van der Waals surface area contributed by atoms with E-state index in [0.29, 0.717) is 44.6 Å². The van der Waals surface area contributed by atoms with Crippen LogP contribution < -0.4 is 5.32 Å². The van der Waals surface area contributed by atoms with Crippen LogP contribution in [0.2, 0.25) is 0 Å². The zero-order valence-electron chi connectivity index (χ0n) is 19.5. The molecule has 2 fully saturated rings. The Morgan fingerprint density at radius 1 is 0.971 bits per heavy atom. The molecule has 1 aliphatic heterocycles. The number of carbonyl (C=O) groups excluding carboxylic acids is 1. The Morgan fingerprint density at radius 3 is 2.06 bits per heavy atom. The van der Waals surface area contributed by atoms with Gasteiger partial charge in [0.25, 0.3) is 0 Å². The normalized spacial score (nSPS) is 18.1. The molecule has 35 heavy (non-hydrogen) atoms. The maximum absolute atomic E-state index is 13.8. The number of nitrogens with one attached hydrogen (secondary N) is 1. The second-order valence-electron chi connectivity index (χ2n) is 9.03. The van der Waals surface area contributed by atoms with Crippen LogP contribution in [0.25, 0.3) is 11.1 Å². The summed E-state index contributed by atoms with van der Waals surface area (Å²) in [5.74, 6) is -1.73. The molecular formula is C25H30FN3O5S. The van der Waals surface area contributed by atoms with Crippen LogP contribution in [-0.4, -0.2) is 72.9 Å². The molecule has 8 nitrogen and oxygen atoms in total. The number of nitrogens with zero attached hydrogens (tertiary/aromatic N) is 2. The van der Waals surface area contributed by atoms with Gasteiger partial charge in [0, 0.05) is 39.1 Å². The molecule has 0 atom stereocenters. The molecule has 0 bridgehead atoms. The molecule has 0 aromatic heterocycles. The van der Waals surface area contributed by atoms with Crippen molar-refractivity contribution in [2.24, 2.45) is 0 Å². The molecule has 0 radical (unpaired) electrons. The summed E-state index contributed by atoms with van der Waals surface area (Å²) in [6.07, 6.45) is 1.54. The van der Waals surface area contributed by atoms with Crippen molar-refractivity contribution in [3.63, 3.8) is 0 Å². The summed E-state index contributed by atoms with van der Waals surface area (Å²) < 4.78 is 41.9. The third-order valence-corrected chi connectivity index (χ3v) is 8.90. The molecule has 1 amide bonds. The van der Waals surface area contributed by atoms with Crippen LogP contribution >= 0.6 is 0 Å². The van der Waals surface area contributed by atoms with Crippen LogP contribution in [0.4, 0.5) is 4.39 Å². The third-order valence-electron chi connectivity index (χ3n) is 6.92. The van der Waals surface area contributed by atoms with Gasteiger partial charge in [-0.05, 0) is 48.2 Å². The van der Waals surface area contributed by atoms with Crippen LogP contribution in [0.1, 0.15) is 32.1 Å². The topological polar surface area (TPSA) is 107 Å². The Balaban J connectivity index is 1.62. The van der Waals surface area contributed by atoms with Crippen LogP contribution in [0.15, 0.2) is 53.4 Å². The molecule has 4 rings (SSSR count). The monoisotopic (exact) mass is 503 g/mol. The highest BCUT2D eigenvalue weighted by Crippen LogP contribution is 2.39.